The van der Waals surface area contributed by atoms with E-state index in [1.165, 1.54) is 12.1 Å². The average Bonchev–Trinajstić information content (AvgIpc) is 3.63. The van der Waals surface area contributed by atoms with Gasteiger partial charge in [-0.2, -0.15) is 5.10 Å². The van der Waals surface area contributed by atoms with Crippen LogP contribution in [0.15, 0.2) is 61.2 Å². The Balaban J connectivity index is 1.33. The number of amides is 1. The van der Waals surface area contributed by atoms with Crippen LogP contribution in [-0.2, 0) is 4.79 Å². The number of nitrogens with zero attached hydrogens (tertiary/aromatic N) is 6. The summed E-state index contributed by atoms with van der Waals surface area (Å²) in [6.45, 7) is 3.19. The van der Waals surface area contributed by atoms with Gasteiger partial charge < -0.3 is 19.9 Å². The molecule has 1 aromatic carbocycles. The third kappa shape index (κ3) is 6.25. The maximum Gasteiger partial charge on any atom is 0.224 e. The summed E-state index contributed by atoms with van der Waals surface area (Å²) in [5.41, 5.74) is 5.77. The number of carbonyl (C=O) groups is 1. The van der Waals surface area contributed by atoms with E-state index in [1.54, 1.807) is 36.9 Å². The van der Waals surface area contributed by atoms with Gasteiger partial charge in [0.2, 0.25) is 5.91 Å². The predicted molar refractivity (Wildman–Crippen MR) is 168 cm³/mol. The van der Waals surface area contributed by atoms with Crippen molar-refractivity contribution in [2.24, 2.45) is 0 Å². The van der Waals surface area contributed by atoms with Gasteiger partial charge in [0, 0.05) is 47.9 Å². The number of aromatic amines is 2. The van der Waals surface area contributed by atoms with Crippen LogP contribution in [0.1, 0.15) is 26.2 Å². The van der Waals surface area contributed by atoms with Crippen LogP contribution >= 0.6 is 0 Å². The Morgan fingerprint density at radius 3 is 2.80 bits per heavy atom. The third-order valence-corrected chi connectivity index (χ3v) is 7.12. The SMILES string of the molecule is CCCCC(=O)Nc1cncc(-c2cc3c(-c4nc5c(-c6cc(F)cc(OCCN(C)C)c6)ccnc5[nH]4)n[nH]c3cn2)c1. The molecule has 11 nitrogen and oxygen atoms in total. The number of aromatic nitrogens is 7. The van der Waals surface area contributed by atoms with E-state index in [0.29, 0.717) is 70.5 Å². The minimum Gasteiger partial charge on any atom is -0.492 e. The van der Waals surface area contributed by atoms with E-state index >= 15 is 0 Å². The molecule has 0 saturated carbocycles. The molecular weight excluding hydrogens is 561 g/mol. The summed E-state index contributed by atoms with van der Waals surface area (Å²) >= 11 is 0. The van der Waals surface area contributed by atoms with Gasteiger partial charge in [-0.1, -0.05) is 13.3 Å². The van der Waals surface area contributed by atoms with E-state index in [9.17, 15) is 9.18 Å². The van der Waals surface area contributed by atoms with Gasteiger partial charge >= 0.3 is 0 Å². The van der Waals surface area contributed by atoms with Gasteiger partial charge in [-0.15, -0.1) is 0 Å². The maximum atomic E-state index is 14.6. The van der Waals surface area contributed by atoms with Crippen molar-refractivity contribution in [3.63, 3.8) is 0 Å². The number of likely N-dealkylation sites (N-methyl/N-ethyl adjacent to an activating group) is 1. The Morgan fingerprint density at radius 2 is 1.95 bits per heavy atom. The van der Waals surface area contributed by atoms with E-state index in [2.05, 4.69) is 35.5 Å². The van der Waals surface area contributed by atoms with Gasteiger partial charge in [-0.25, -0.2) is 14.4 Å². The number of nitrogens with one attached hydrogen (secondary N) is 3. The molecule has 1 amide bonds. The third-order valence-electron chi connectivity index (χ3n) is 7.12. The fraction of sp³-hybridized carbons (Fsp3) is 0.250. The lowest BCUT2D eigenvalue weighted by Crippen LogP contribution is -2.19. The van der Waals surface area contributed by atoms with Crippen LogP contribution in [0, 0.1) is 5.82 Å². The number of ether oxygens (including phenoxy) is 1. The fourth-order valence-corrected chi connectivity index (χ4v) is 4.87. The van der Waals surface area contributed by atoms with Crippen molar-refractivity contribution in [1.82, 2.24) is 40.0 Å². The summed E-state index contributed by atoms with van der Waals surface area (Å²) < 4.78 is 20.4. The summed E-state index contributed by atoms with van der Waals surface area (Å²) in [5, 5.41) is 11.2. The number of carbonyl (C=O) groups excluding carboxylic acids is 1. The van der Waals surface area contributed by atoms with Crippen molar-refractivity contribution in [3.05, 3.63) is 67.0 Å². The Labute approximate surface area is 252 Å². The number of hydrogen-bond donors (Lipinski definition) is 3. The second kappa shape index (κ2) is 12.6. The molecule has 5 aromatic heterocycles. The van der Waals surface area contributed by atoms with Gasteiger partial charge in [0.05, 0.1) is 29.3 Å². The summed E-state index contributed by atoms with van der Waals surface area (Å²) in [6, 6.07) is 10.2. The monoisotopic (exact) mass is 593 g/mol. The Hall–Kier alpha value is -5.23. The number of hydrogen-bond acceptors (Lipinski definition) is 8. The van der Waals surface area contributed by atoms with Gasteiger partial charge in [0.15, 0.2) is 11.5 Å². The van der Waals surface area contributed by atoms with Crippen molar-refractivity contribution in [2.75, 3.05) is 32.6 Å². The summed E-state index contributed by atoms with van der Waals surface area (Å²) in [7, 11) is 3.91. The number of halogens is 1. The Kier molecular flexibility index (Phi) is 8.24. The molecule has 224 valence electrons. The first kappa shape index (κ1) is 28.9. The Morgan fingerprint density at radius 1 is 1.07 bits per heavy atom. The van der Waals surface area contributed by atoms with E-state index < -0.39 is 5.82 Å². The van der Waals surface area contributed by atoms with Crippen molar-refractivity contribution in [1.29, 1.82) is 0 Å². The second-order valence-corrected chi connectivity index (χ2v) is 10.8. The number of H-pyrrole nitrogens is 2. The summed E-state index contributed by atoms with van der Waals surface area (Å²) in [5.74, 6) is 0.494. The number of imidazole rings is 1. The molecule has 0 atom stereocenters. The molecule has 0 spiro atoms. The fourth-order valence-electron chi connectivity index (χ4n) is 4.87. The molecule has 3 N–H and O–H groups in total. The topological polar surface area (TPSA) is 138 Å². The van der Waals surface area contributed by atoms with E-state index in [4.69, 9.17) is 9.72 Å². The van der Waals surface area contributed by atoms with Gasteiger partial charge in [-0.05, 0) is 56.4 Å². The first-order valence-corrected chi connectivity index (χ1v) is 14.4. The Bertz CT molecular complexity index is 1950. The molecule has 0 fully saturated rings. The van der Waals surface area contributed by atoms with Crippen LogP contribution in [-0.4, -0.2) is 73.2 Å². The summed E-state index contributed by atoms with van der Waals surface area (Å²) in [4.78, 5) is 35.7. The van der Waals surface area contributed by atoms with Gasteiger partial charge in [0.1, 0.15) is 29.4 Å². The molecular formula is C32H32FN9O2. The molecule has 6 aromatic rings. The van der Waals surface area contributed by atoms with Crippen LogP contribution in [0.4, 0.5) is 10.1 Å². The van der Waals surface area contributed by atoms with Gasteiger partial charge in [-0.3, -0.25) is 19.9 Å². The minimum absolute atomic E-state index is 0.0458. The average molecular weight is 594 g/mol. The highest BCUT2D eigenvalue weighted by Gasteiger charge is 2.18. The number of pyridine rings is 3. The number of rotatable bonds is 11. The number of anilines is 1. The van der Waals surface area contributed by atoms with E-state index in [1.807, 2.05) is 38.1 Å². The van der Waals surface area contributed by atoms with E-state index in [-0.39, 0.29) is 5.91 Å². The van der Waals surface area contributed by atoms with E-state index in [0.717, 1.165) is 29.3 Å². The number of benzene rings is 1. The second-order valence-electron chi connectivity index (χ2n) is 10.8. The lowest BCUT2D eigenvalue weighted by atomic mass is 10.1. The molecule has 0 aliphatic heterocycles. The van der Waals surface area contributed by atoms with Gasteiger partial charge in [0.25, 0.3) is 0 Å². The van der Waals surface area contributed by atoms with Crippen LogP contribution < -0.4 is 10.1 Å². The molecule has 0 bridgehead atoms. The molecule has 6 rings (SSSR count). The highest BCUT2D eigenvalue weighted by molar-refractivity contribution is 5.97. The van der Waals surface area contributed by atoms with Crippen molar-refractivity contribution >= 4 is 33.7 Å². The molecule has 0 aliphatic rings. The molecule has 12 heteroatoms. The first-order valence-electron chi connectivity index (χ1n) is 14.4. The van der Waals surface area contributed by atoms with Crippen LogP contribution in [0.3, 0.4) is 0 Å². The zero-order valence-corrected chi connectivity index (χ0v) is 24.7. The zero-order valence-electron chi connectivity index (χ0n) is 24.7. The van der Waals surface area contributed by atoms with Crippen LogP contribution in [0.25, 0.3) is 56.0 Å². The van der Waals surface area contributed by atoms with Crippen molar-refractivity contribution < 1.29 is 13.9 Å². The van der Waals surface area contributed by atoms with Crippen LogP contribution in [0.2, 0.25) is 0 Å². The quantitative estimate of drug-likeness (QED) is 0.171. The first-order chi connectivity index (χ1) is 21.4. The number of fused-ring (bicyclic) bond motifs is 2. The zero-order chi connectivity index (χ0) is 30.6. The smallest absolute Gasteiger partial charge is 0.224 e. The lowest BCUT2D eigenvalue weighted by molar-refractivity contribution is -0.116. The maximum absolute atomic E-state index is 14.6. The van der Waals surface area contributed by atoms with Crippen molar-refractivity contribution in [2.45, 2.75) is 26.2 Å². The van der Waals surface area contributed by atoms with Crippen LogP contribution in [0.5, 0.6) is 5.75 Å². The predicted octanol–water partition coefficient (Wildman–Crippen LogP) is 5.83. The molecule has 0 unspecified atom stereocenters. The highest BCUT2D eigenvalue weighted by Crippen LogP contribution is 2.33. The van der Waals surface area contributed by atoms with Crippen molar-refractivity contribution in [3.8, 4) is 39.7 Å². The minimum atomic E-state index is -0.402. The largest absolute Gasteiger partial charge is 0.492 e. The molecule has 0 aliphatic carbocycles. The molecule has 44 heavy (non-hydrogen) atoms. The highest BCUT2D eigenvalue weighted by atomic mass is 19.1. The molecule has 5 heterocycles. The summed E-state index contributed by atoms with van der Waals surface area (Å²) in [6.07, 6.45) is 8.91. The number of unbranched alkanes of at least 4 members (excludes halogenated alkanes) is 1. The standard InChI is InChI=1S/C32H32FN9O2/c1-4-5-6-28(43)37-22-12-20(16-34-17-22)26-15-25-27(18-36-26)40-41-30(25)32-38-29-24(7-8-35-31(29)39-32)19-11-21(33)14-23(13-19)44-10-9-42(2)3/h7-8,11-18H,4-6,9-10H2,1-3H3,(H,37,43)(H,40,41)(H,35,38,39). The molecule has 0 radical (unpaired) electrons. The molecule has 0 saturated heterocycles. The normalized spacial score (nSPS) is 11.5. The lowest BCUT2D eigenvalue weighted by Gasteiger charge is -2.12.